The zero-order valence-corrected chi connectivity index (χ0v) is 14.9. The van der Waals surface area contributed by atoms with E-state index >= 15 is 0 Å². The number of hydrogen-bond acceptors (Lipinski definition) is 4. The molecular formula is C21H18N2O5. The van der Waals surface area contributed by atoms with Crippen molar-refractivity contribution in [2.75, 3.05) is 18.0 Å². The minimum absolute atomic E-state index is 0.102. The zero-order valence-electron chi connectivity index (χ0n) is 14.9. The van der Waals surface area contributed by atoms with Crippen LogP contribution in [0.15, 0.2) is 67.0 Å². The fraction of sp³-hybridized carbons (Fsp3) is 0.143. The summed E-state index contributed by atoms with van der Waals surface area (Å²) in [7, 11) is 0. The highest BCUT2D eigenvalue weighted by Crippen LogP contribution is 2.32. The average Bonchev–Trinajstić information content (AvgIpc) is 3.18. The molecule has 0 amide bonds. The summed E-state index contributed by atoms with van der Waals surface area (Å²) in [6.07, 6.45) is 3.53. The Labute approximate surface area is 161 Å². The van der Waals surface area contributed by atoms with Crippen LogP contribution in [-0.2, 0) is 0 Å². The number of para-hydroxylation sites is 1. The van der Waals surface area contributed by atoms with E-state index < -0.39 is 11.9 Å². The summed E-state index contributed by atoms with van der Waals surface area (Å²) in [6, 6.07) is 15.3. The van der Waals surface area contributed by atoms with E-state index in [0.29, 0.717) is 24.5 Å². The summed E-state index contributed by atoms with van der Waals surface area (Å²) >= 11 is 0. The molecule has 7 nitrogen and oxygen atoms in total. The summed E-state index contributed by atoms with van der Waals surface area (Å²) < 4.78 is 7.67. The number of carboxylic acids is 2. The standard InChI is InChI=1S/C21H18N2O5/c24-20(25)14-5-3-6-15(11-14)28-16-12-23(13-16)18-8-4-7-17(21(26)27)19(18)22-9-1-2-10-22/h1-11,16H,12-13H2,(H,24,25)(H,26,27). The largest absolute Gasteiger partial charge is 0.487 e. The molecule has 3 aromatic rings. The number of aromatic carboxylic acids is 2. The maximum Gasteiger partial charge on any atom is 0.337 e. The molecule has 142 valence electrons. The zero-order chi connectivity index (χ0) is 19.7. The minimum atomic E-state index is -0.998. The molecule has 7 heteroatoms. The smallest absolute Gasteiger partial charge is 0.337 e. The number of nitrogens with zero attached hydrogens (tertiary/aromatic N) is 2. The summed E-state index contributed by atoms with van der Waals surface area (Å²) in [5.41, 5.74) is 1.84. The van der Waals surface area contributed by atoms with Crippen LogP contribution in [0.5, 0.6) is 5.75 Å². The van der Waals surface area contributed by atoms with Gasteiger partial charge in [0.1, 0.15) is 11.9 Å². The van der Waals surface area contributed by atoms with Crippen molar-refractivity contribution < 1.29 is 24.5 Å². The normalized spacial score (nSPS) is 13.8. The molecule has 2 heterocycles. The van der Waals surface area contributed by atoms with Crippen LogP contribution in [0.4, 0.5) is 5.69 Å². The van der Waals surface area contributed by atoms with Crippen LogP contribution in [0, 0.1) is 0 Å². The van der Waals surface area contributed by atoms with E-state index in [1.807, 2.05) is 35.5 Å². The highest BCUT2D eigenvalue weighted by Gasteiger charge is 2.31. The topological polar surface area (TPSA) is 92.0 Å². The van der Waals surface area contributed by atoms with Crippen LogP contribution < -0.4 is 9.64 Å². The van der Waals surface area contributed by atoms with Gasteiger partial charge in [0.2, 0.25) is 0 Å². The molecule has 1 aliphatic rings. The van der Waals surface area contributed by atoms with Crippen molar-refractivity contribution in [2.45, 2.75) is 6.10 Å². The molecule has 0 radical (unpaired) electrons. The first-order valence-corrected chi connectivity index (χ1v) is 8.77. The number of ether oxygens (including phenoxy) is 1. The Morgan fingerprint density at radius 3 is 2.32 bits per heavy atom. The third kappa shape index (κ3) is 3.29. The molecule has 1 aliphatic heterocycles. The number of aromatic nitrogens is 1. The molecule has 28 heavy (non-hydrogen) atoms. The lowest BCUT2D eigenvalue weighted by atomic mass is 10.1. The van der Waals surface area contributed by atoms with E-state index in [4.69, 9.17) is 9.84 Å². The molecule has 0 bridgehead atoms. The summed E-state index contributed by atoms with van der Waals surface area (Å²) in [6.45, 7) is 1.16. The van der Waals surface area contributed by atoms with E-state index in [-0.39, 0.29) is 17.2 Å². The van der Waals surface area contributed by atoms with Crippen molar-refractivity contribution in [1.82, 2.24) is 4.57 Å². The van der Waals surface area contributed by atoms with Crippen LogP contribution in [0.3, 0.4) is 0 Å². The van der Waals surface area contributed by atoms with Crippen molar-refractivity contribution in [3.05, 3.63) is 78.1 Å². The lowest BCUT2D eigenvalue weighted by molar-refractivity contribution is 0.0685. The first-order chi connectivity index (χ1) is 13.5. The predicted molar refractivity (Wildman–Crippen MR) is 103 cm³/mol. The molecule has 4 rings (SSSR count). The second-order valence-electron chi connectivity index (χ2n) is 6.55. The van der Waals surface area contributed by atoms with Crippen molar-refractivity contribution in [1.29, 1.82) is 0 Å². The van der Waals surface area contributed by atoms with Gasteiger partial charge in [-0.2, -0.15) is 0 Å². The van der Waals surface area contributed by atoms with E-state index in [9.17, 15) is 14.7 Å². The van der Waals surface area contributed by atoms with Gasteiger partial charge in [0.15, 0.2) is 0 Å². The third-order valence-corrected chi connectivity index (χ3v) is 4.68. The Morgan fingerprint density at radius 1 is 0.929 bits per heavy atom. The Balaban J connectivity index is 1.53. The number of hydrogen-bond donors (Lipinski definition) is 2. The Bertz CT molecular complexity index is 1020. The van der Waals surface area contributed by atoms with E-state index in [0.717, 1.165) is 5.69 Å². The monoisotopic (exact) mass is 378 g/mol. The first kappa shape index (κ1) is 17.7. The van der Waals surface area contributed by atoms with E-state index in [1.54, 1.807) is 28.8 Å². The van der Waals surface area contributed by atoms with Crippen LogP contribution >= 0.6 is 0 Å². The van der Waals surface area contributed by atoms with Gasteiger partial charge in [-0.15, -0.1) is 0 Å². The van der Waals surface area contributed by atoms with Crippen LogP contribution in [0.2, 0.25) is 0 Å². The van der Waals surface area contributed by atoms with Crippen LogP contribution in [0.1, 0.15) is 20.7 Å². The Kier molecular flexibility index (Phi) is 4.49. The number of benzene rings is 2. The molecular weight excluding hydrogens is 360 g/mol. The van der Waals surface area contributed by atoms with E-state index in [2.05, 4.69) is 0 Å². The summed E-state index contributed by atoms with van der Waals surface area (Å²) in [4.78, 5) is 24.8. The van der Waals surface area contributed by atoms with Gasteiger partial charge in [0.05, 0.1) is 35.6 Å². The maximum atomic E-state index is 11.7. The second kappa shape index (κ2) is 7.11. The number of rotatable bonds is 6. The van der Waals surface area contributed by atoms with Gasteiger partial charge in [-0.1, -0.05) is 12.1 Å². The van der Waals surface area contributed by atoms with Gasteiger partial charge in [0, 0.05) is 12.4 Å². The van der Waals surface area contributed by atoms with Gasteiger partial charge in [-0.25, -0.2) is 9.59 Å². The Morgan fingerprint density at radius 2 is 1.64 bits per heavy atom. The van der Waals surface area contributed by atoms with Crippen molar-refractivity contribution in [2.24, 2.45) is 0 Å². The highest BCUT2D eigenvalue weighted by atomic mass is 16.5. The highest BCUT2D eigenvalue weighted by molar-refractivity contribution is 5.95. The van der Waals surface area contributed by atoms with Gasteiger partial charge < -0.3 is 24.4 Å². The molecule has 0 unspecified atom stereocenters. The number of carboxylic acid groups (broad SMARTS) is 2. The molecule has 2 N–H and O–H groups in total. The molecule has 1 fully saturated rings. The molecule has 2 aromatic carbocycles. The molecule has 0 spiro atoms. The molecule has 1 saturated heterocycles. The number of anilines is 1. The lowest BCUT2D eigenvalue weighted by Crippen LogP contribution is -2.54. The van der Waals surface area contributed by atoms with Crippen molar-refractivity contribution in [3.63, 3.8) is 0 Å². The summed E-state index contributed by atoms with van der Waals surface area (Å²) in [5.74, 6) is -1.47. The van der Waals surface area contributed by atoms with Gasteiger partial charge in [-0.3, -0.25) is 0 Å². The maximum absolute atomic E-state index is 11.7. The molecule has 0 aliphatic carbocycles. The predicted octanol–water partition coefficient (Wildman–Crippen LogP) is 3.14. The summed E-state index contributed by atoms with van der Waals surface area (Å²) in [5, 5.41) is 18.7. The SMILES string of the molecule is O=C(O)c1cccc(OC2CN(c3cccc(C(=O)O)c3-n3cccc3)C2)c1. The van der Waals surface area contributed by atoms with Crippen LogP contribution in [0.25, 0.3) is 5.69 Å². The Hall–Kier alpha value is -3.74. The lowest BCUT2D eigenvalue weighted by Gasteiger charge is -2.41. The van der Waals surface area contributed by atoms with Gasteiger partial charge in [0.25, 0.3) is 0 Å². The molecule has 0 atom stereocenters. The fourth-order valence-corrected chi connectivity index (χ4v) is 3.32. The van der Waals surface area contributed by atoms with Gasteiger partial charge >= 0.3 is 11.9 Å². The fourth-order valence-electron chi connectivity index (χ4n) is 3.32. The third-order valence-electron chi connectivity index (χ3n) is 4.68. The van der Waals surface area contributed by atoms with Crippen molar-refractivity contribution in [3.8, 4) is 11.4 Å². The minimum Gasteiger partial charge on any atom is -0.487 e. The van der Waals surface area contributed by atoms with Crippen LogP contribution in [-0.4, -0.2) is 45.9 Å². The van der Waals surface area contributed by atoms with Gasteiger partial charge in [-0.05, 0) is 42.5 Å². The average molecular weight is 378 g/mol. The van der Waals surface area contributed by atoms with E-state index in [1.165, 1.54) is 12.1 Å². The quantitative estimate of drug-likeness (QED) is 0.685. The second-order valence-corrected chi connectivity index (χ2v) is 6.55. The number of carbonyl (C=O) groups is 2. The van der Waals surface area contributed by atoms with Crippen molar-refractivity contribution >= 4 is 17.6 Å². The molecule has 0 saturated carbocycles. The molecule has 1 aromatic heterocycles. The first-order valence-electron chi connectivity index (χ1n) is 8.77.